The van der Waals surface area contributed by atoms with Crippen molar-refractivity contribution in [3.8, 4) is 17.0 Å². The summed E-state index contributed by atoms with van der Waals surface area (Å²) in [5, 5.41) is 19.7. The number of phenolic OH excluding ortho intramolecular Hbond substituents is 1. The number of nitrogens with zero attached hydrogens (tertiary/aromatic N) is 3. The lowest BCUT2D eigenvalue weighted by molar-refractivity contribution is 0.477. The molecule has 35 heavy (non-hydrogen) atoms. The third-order valence-corrected chi connectivity index (χ3v) is 8.20. The van der Waals surface area contributed by atoms with Gasteiger partial charge in [0.2, 0.25) is 10.0 Å². The molecule has 0 saturated carbocycles. The minimum absolute atomic E-state index is 0.124. The Hall–Kier alpha value is -3.67. The van der Waals surface area contributed by atoms with Gasteiger partial charge < -0.3 is 10.4 Å². The third-order valence-electron chi connectivity index (χ3n) is 5.40. The Morgan fingerprint density at radius 2 is 1.74 bits per heavy atom. The zero-order valence-corrected chi connectivity index (χ0v) is 20.1. The number of phenols is 1. The van der Waals surface area contributed by atoms with Crippen LogP contribution in [0, 0.1) is 0 Å². The number of hydrogen-bond acceptors (Lipinski definition) is 7. The molecule has 174 valence electrons. The van der Waals surface area contributed by atoms with Crippen LogP contribution in [0.1, 0.15) is 11.1 Å². The van der Waals surface area contributed by atoms with E-state index in [1.165, 1.54) is 17.5 Å². The molecule has 0 aliphatic carbocycles. The van der Waals surface area contributed by atoms with E-state index in [1.807, 2.05) is 36.4 Å². The maximum atomic E-state index is 12.3. The highest BCUT2D eigenvalue weighted by Crippen LogP contribution is 2.29. The highest BCUT2D eigenvalue weighted by molar-refractivity contribution is 7.91. The average molecular weight is 501 g/mol. The molecule has 3 aromatic heterocycles. The quantitative estimate of drug-likeness (QED) is 0.282. The van der Waals surface area contributed by atoms with Gasteiger partial charge in [0.1, 0.15) is 23.6 Å². The summed E-state index contributed by atoms with van der Waals surface area (Å²) in [5.41, 5.74) is 3.92. The molecule has 8 nitrogen and oxygen atoms in total. The Labute approximate surface area is 207 Å². The van der Waals surface area contributed by atoms with Crippen LogP contribution in [-0.4, -0.2) is 36.0 Å². The third kappa shape index (κ3) is 4.92. The van der Waals surface area contributed by atoms with Crippen molar-refractivity contribution < 1.29 is 13.5 Å². The Morgan fingerprint density at radius 1 is 1.00 bits per heavy atom. The van der Waals surface area contributed by atoms with Gasteiger partial charge in [0.25, 0.3) is 0 Å². The van der Waals surface area contributed by atoms with Crippen LogP contribution in [0.3, 0.4) is 0 Å². The Balaban J connectivity index is 1.32. The number of hydrogen-bond donors (Lipinski definition) is 3. The monoisotopic (exact) mass is 501 g/mol. The van der Waals surface area contributed by atoms with Crippen LogP contribution in [0.2, 0.25) is 0 Å². The molecule has 0 amide bonds. The average Bonchev–Trinajstić information content (AvgIpc) is 3.54. The summed E-state index contributed by atoms with van der Waals surface area (Å²) in [6, 6.07) is 19.7. The van der Waals surface area contributed by atoms with Crippen molar-refractivity contribution in [1.29, 1.82) is 0 Å². The van der Waals surface area contributed by atoms with Crippen LogP contribution in [-0.2, 0) is 23.1 Å². The first kappa shape index (κ1) is 23.1. The molecule has 3 heterocycles. The molecule has 2 aromatic carbocycles. The fraction of sp³-hybridized carbons (Fsp3) is 0.0833. The van der Waals surface area contributed by atoms with Gasteiger partial charge in [-0.1, -0.05) is 42.5 Å². The standard InChI is InChI=1S/C24H20BN5O3S2/c25-19-15-27-30-22(12-20(29-24(19)30)18-4-1-2-5-21(18)31)26-13-16-7-9-17(10-8-16)14-28-35(32,33)23-6-3-11-34-23/h1-12,15,26,28,31H,13-14H2. The summed E-state index contributed by atoms with van der Waals surface area (Å²) in [5.74, 6) is 0.788. The van der Waals surface area contributed by atoms with Crippen molar-refractivity contribution >= 4 is 46.1 Å². The lowest BCUT2D eigenvalue weighted by atomic mass is 10.0. The summed E-state index contributed by atoms with van der Waals surface area (Å²) in [6.07, 6.45) is 1.54. The number of thiophene rings is 1. The molecule has 0 fully saturated rings. The number of anilines is 1. The second-order valence-corrected chi connectivity index (χ2v) is 10.7. The molecule has 0 saturated heterocycles. The first-order valence-corrected chi connectivity index (χ1v) is 13.0. The zero-order valence-electron chi connectivity index (χ0n) is 18.4. The number of aromatic nitrogens is 3. The molecule has 5 aromatic rings. The normalized spacial score (nSPS) is 11.7. The fourth-order valence-corrected chi connectivity index (χ4v) is 5.62. The van der Waals surface area contributed by atoms with E-state index in [0.29, 0.717) is 38.9 Å². The lowest BCUT2D eigenvalue weighted by Gasteiger charge is -2.12. The van der Waals surface area contributed by atoms with E-state index in [4.69, 9.17) is 7.85 Å². The summed E-state index contributed by atoms with van der Waals surface area (Å²) in [6.45, 7) is 0.690. The van der Waals surface area contributed by atoms with E-state index in [0.717, 1.165) is 11.1 Å². The molecule has 3 N–H and O–H groups in total. The second kappa shape index (κ2) is 9.53. The molecule has 5 rings (SSSR count). The van der Waals surface area contributed by atoms with Crippen LogP contribution in [0.15, 0.2) is 82.5 Å². The predicted octanol–water partition coefficient (Wildman–Crippen LogP) is 3.05. The van der Waals surface area contributed by atoms with E-state index in [2.05, 4.69) is 20.1 Å². The number of benzene rings is 2. The number of rotatable bonds is 8. The van der Waals surface area contributed by atoms with Crippen LogP contribution < -0.4 is 15.5 Å². The molecule has 0 aliphatic rings. The van der Waals surface area contributed by atoms with Gasteiger partial charge in [0.15, 0.2) is 5.65 Å². The van der Waals surface area contributed by atoms with Crippen molar-refractivity contribution in [2.45, 2.75) is 17.3 Å². The van der Waals surface area contributed by atoms with Gasteiger partial charge in [-0.25, -0.2) is 18.1 Å². The summed E-state index contributed by atoms with van der Waals surface area (Å²) < 4.78 is 29.1. The number of para-hydroxylation sites is 1. The highest BCUT2D eigenvalue weighted by atomic mass is 32.2. The number of sulfonamides is 1. The highest BCUT2D eigenvalue weighted by Gasteiger charge is 2.15. The van der Waals surface area contributed by atoms with Crippen LogP contribution in [0.5, 0.6) is 5.75 Å². The zero-order chi connectivity index (χ0) is 24.4. The first-order valence-electron chi connectivity index (χ1n) is 10.7. The molecule has 0 bridgehead atoms. The molecule has 0 aliphatic heterocycles. The lowest BCUT2D eigenvalue weighted by Crippen LogP contribution is -2.22. The molecular formula is C24H20BN5O3S2. The van der Waals surface area contributed by atoms with Gasteiger partial charge in [0.05, 0.1) is 5.69 Å². The molecule has 0 unspecified atom stereocenters. The van der Waals surface area contributed by atoms with E-state index < -0.39 is 10.0 Å². The van der Waals surface area contributed by atoms with Crippen LogP contribution in [0.25, 0.3) is 16.9 Å². The number of aromatic hydroxyl groups is 1. The van der Waals surface area contributed by atoms with Gasteiger partial charge in [-0.3, -0.25) is 0 Å². The van der Waals surface area contributed by atoms with Crippen LogP contribution in [0.4, 0.5) is 5.82 Å². The SMILES string of the molecule is [B]c1cnn2c(NCc3ccc(CNS(=O)(=O)c4cccs4)cc3)cc(-c3ccccc3O)nc12. The largest absolute Gasteiger partial charge is 0.507 e. The fourth-order valence-electron chi connectivity index (χ4n) is 3.57. The molecule has 0 spiro atoms. The van der Waals surface area contributed by atoms with Crippen molar-refractivity contribution in [3.05, 3.63) is 89.4 Å². The van der Waals surface area contributed by atoms with Crippen molar-refractivity contribution in [3.63, 3.8) is 0 Å². The summed E-state index contributed by atoms with van der Waals surface area (Å²) in [4.78, 5) is 4.57. The molecule has 11 heteroatoms. The van der Waals surface area contributed by atoms with Gasteiger partial charge in [0, 0.05) is 30.9 Å². The first-order chi connectivity index (χ1) is 16.9. The Morgan fingerprint density at radius 3 is 2.46 bits per heavy atom. The van der Waals surface area contributed by atoms with Gasteiger partial charge in [-0.15, -0.1) is 11.3 Å². The van der Waals surface area contributed by atoms with E-state index in [1.54, 1.807) is 40.2 Å². The molecule has 0 atom stereocenters. The maximum Gasteiger partial charge on any atom is 0.250 e. The minimum atomic E-state index is -3.51. The Bertz CT molecular complexity index is 1580. The topological polar surface area (TPSA) is 109 Å². The van der Waals surface area contributed by atoms with Gasteiger partial charge in [-0.05, 0) is 40.2 Å². The van der Waals surface area contributed by atoms with Crippen molar-refractivity contribution in [2.75, 3.05) is 5.32 Å². The summed E-state index contributed by atoms with van der Waals surface area (Å²) in [7, 11) is 2.55. The van der Waals surface area contributed by atoms with E-state index >= 15 is 0 Å². The number of nitrogens with one attached hydrogen (secondary N) is 2. The van der Waals surface area contributed by atoms with Crippen LogP contribution >= 0.6 is 11.3 Å². The van der Waals surface area contributed by atoms with Gasteiger partial charge >= 0.3 is 0 Å². The minimum Gasteiger partial charge on any atom is -0.507 e. The second-order valence-electron chi connectivity index (χ2n) is 7.81. The van der Waals surface area contributed by atoms with Gasteiger partial charge in [-0.2, -0.15) is 9.61 Å². The van der Waals surface area contributed by atoms with E-state index in [-0.39, 0.29) is 12.3 Å². The van der Waals surface area contributed by atoms with Crippen molar-refractivity contribution in [1.82, 2.24) is 19.3 Å². The number of fused-ring (bicyclic) bond motifs is 1. The molecular weight excluding hydrogens is 481 g/mol. The Kier molecular flexibility index (Phi) is 6.29. The molecule has 2 radical (unpaired) electrons. The van der Waals surface area contributed by atoms with Crippen molar-refractivity contribution in [2.24, 2.45) is 0 Å². The smallest absolute Gasteiger partial charge is 0.250 e. The maximum absolute atomic E-state index is 12.3. The summed E-state index contributed by atoms with van der Waals surface area (Å²) >= 11 is 1.18. The predicted molar refractivity (Wildman–Crippen MR) is 138 cm³/mol. The van der Waals surface area contributed by atoms with E-state index in [9.17, 15) is 13.5 Å².